The number of nitrogens with zero attached hydrogens (tertiary/aromatic N) is 3. The molecule has 0 aliphatic rings. The van der Waals surface area contributed by atoms with E-state index in [4.69, 9.17) is 0 Å². The third-order valence-corrected chi connectivity index (χ3v) is 3.17. The maximum absolute atomic E-state index is 11.0. The van der Waals surface area contributed by atoms with Gasteiger partial charge in [0.2, 0.25) is 0 Å². The van der Waals surface area contributed by atoms with Crippen LogP contribution in [0.2, 0.25) is 0 Å². The molecule has 108 valence electrons. The maximum Gasteiger partial charge on any atom is 0.295 e. The summed E-state index contributed by atoms with van der Waals surface area (Å²) in [6, 6.07) is 12.8. The molecular formula is C16H17N3O2. The van der Waals surface area contributed by atoms with Crippen molar-refractivity contribution in [3.05, 3.63) is 63.7 Å². The number of aryl methyl sites for hydroxylation is 1. The number of benzene rings is 2. The molecule has 0 spiro atoms. The lowest BCUT2D eigenvalue weighted by molar-refractivity contribution is -0.384. The van der Waals surface area contributed by atoms with E-state index in [1.807, 2.05) is 56.3 Å². The molecule has 0 fully saturated rings. The fourth-order valence-electron chi connectivity index (χ4n) is 1.96. The van der Waals surface area contributed by atoms with Gasteiger partial charge in [-0.1, -0.05) is 24.3 Å². The molecule has 0 radical (unpaired) electrons. The summed E-state index contributed by atoms with van der Waals surface area (Å²) in [6.45, 7) is 1.81. The number of rotatable bonds is 4. The number of nitro benzene ring substituents is 1. The summed E-state index contributed by atoms with van der Waals surface area (Å²) < 4.78 is 0. The van der Waals surface area contributed by atoms with E-state index < -0.39 is 4.92 Å². The smallest absolute Gasteiger partial charge is 0.295 e. The third-order valence-electron chi connectivity index (χ3n) is 3.17. The standard InChI is InChI=1S/C16H17N3O2/c1-12-5-4-6-15(19(20)21)16(12)17-11-13-7-9-14(10-8-13)18(2)3/h4-11H,1-3H3. The summed E-state index contributed by atoms with van der Waals surface area (Å²) in [5.41, 5.74) is 3.20. The SMILES string of the molecule is Cc1cccc([N+](=O)[O-])c1N=Cc1ccc(N(C)C)cc1. The average Bonchev–Trinajstić information content (AvgIpc) is 2.46. The van der Waals surface area contributed by atoms with Crippen LogP contribution in [-0.2, 0) is 0 Å². The third kappa shape index (κ3) is 3.45. The minimum atomic E-state index is -0.408. The molecule has 0 aliphatic carbocycles. The Bertz CT molecular complexity index is 676. The van der Waals surface area contributed by atoms with Crippen LogP contribution in [-0.4, -0.2) is 25.2 Å². The van der Waals surface area contributed by atoms with Crippen molar-refractivity contribution in [1.29, 1.82) is 0 Å². The van der Waals surface area contributed by atoms with Crippen LogP contribution in [0.4, 0.5) is 17.1 Å². The molecular weight excluding hydrogens is 266 g/mol. The Hall–Kier alpha value is -2.69. The van der Waals surface area contributed by atoms with Gasteiger partial charge >= 0.3 is 0 Å². The Kier molecular flexibility index (Phi) is 4.33. The molecule has 2 aromatic carbocycles. The van der Waals surface area contributed by atoms with Crippen molar-refractivity contribution in [2.75, 3.05) is 19.0 Å². The van der Waals surface area contributed by atoms with Crippen LogP contribution in [0.25, 0.3) is 0 Å². The Labute approximate surface area is 123 Å². The zero-order valence-electron chi connectivity index (χ0n) is 12.3. The normalized spacial score (nSPS) is 10.8. The Morgan fingerprint density at radius 1 is 1.14 bits per heavy atom. The van der Waals surface area contributed by atoms with Crippen LogP contribution in [0.1, 0.15) is 11.1 Å². The number of hydrogen-bond acceptors (Lipinski definition) is 4. The lowest BCUT2D eigenvalue weighted by Gasteiger charge is -2.11. The van der Waals surface area contributed by atoms with Gasteiger partial charge in [-0.05, 0) is 30.2 Å². The van der Waals surface area contributed by atoms with Crippen molar-refractivity contribution in [1.82, 2.24) is 0 Å². The molecule has 0 heterocycles. The number of para-hydroxylation sites is 1. The molecule has 0 N–H and O–H groups in total. The average molecular weight is 283 g/mol. The Balaban J connectivity index is 2.31. The van der Waals surface area contributed by atoms with E-state index in [0.29, 0.717) is 5.69 Å². The van der Waals surface area contributed by atoms with Gasteiger partial charge in [-0.25, -0.2) is 4.99 Å². The fraction of sp³-hybridized carbons (Fsp3) is 0.188. The van der Waals surface area contributed by atoms with E-state index in [0.717, 1.165) is 16.8 Å². The predicted octanol–water partition coefficient (Wildman–Crippen LogP) is 3.72. The van der Waals surface area contributed by atoms with Gasteiger partial charge in [0.25, 0.3) is 5.69 Å². The highest BCUT2D eigenvalue weighted by atomic mass is 16.6. The Morgan fingerprint density at radius 3 is 2.38 bits per heavy atom. The summed E-state index contributed by atoms with van der Waals surface area (Å²) in [5.74, 6) is 0. The van der Waals surface area contributed by atoms with Crippen molar-refractivity contribution in [3.63, 3.8) is 0 Å². The first-order valence-electron chi connectivity index (χ1n) is 6.54. The Morgan fingerprint density at radius 2 is 1.81 bits per heavy atom. The largest absolute Gasteiger partial charge is 0.378 e. The molecule has 5 heteroatoms. The molecule has 0 amide bonds. The van der Waals surface area contributed by atoms with Gasteiger partial charge in [-0.3, -0.25) is 10.1 Å². The summed E-state index contributed by atoms with van der Waals surface area (Å²) in [4.78, 5) is 16.9. The van der Waals surface area contributed by atoms with Gasteiger partial charge in [0.15, 0.2) is 0 Å². The first-order chi connectivity index (χ1) is 9.99. The molecule has 2 rings (SSSR count). The zero-order valence-corrected chi connectivity index (χ0v) is 12.3. The summed E-state index contributed by atoms with van der Waals surface area (Å²) in [7, 11) is 3.94. The predicted molar refractivity (Wildman–Crippen MR) is 85.9 cm³/mol. The minimum Gasteiger partial charge on any atom is -0.378 e. The van der Waals surface area contributed by atoms with Crippen molar-refractivity contribution in [2.45, 2.75) is 6.92 Å². The molecule has 0 aliphatic heterocycles. The van der Waals surface area contributed by atoms with E-state index in [1.165, 1.54) is 6.07 Å². The second-order valence-corrected chi connectivity index (χ2v) is 4.94. The highest BCUT2D eigenvalue weighted by Gasteiger charge is 2.13. The lowest BCUT2D eigenvalue weighted by Crippen LogP contribution is -2.08. The van der Waals surface area contributed by atoms with Gasteiger partial charge in [-0.2, -0.15) is 0 Å². The van der Waals surface area contributed by atoms with E-state index in [-0.39, 0.29) is 5.69 Å². The minimum absolute atomic E-state index is 0.0242. The summed E-state index contributed by atoms with van der Waals surface area (Å²) in [6.07, 6.45) is 1.65. The molecule has 0 saturated heterocycles. The van der Waals surface area contributed by atoms with Crippen LogP contribution in [0.3, 0.4) is 0 Å². The van der Waals surface area contributed by atoms with Gasteiger partial charge in [0.1, 0.15) is 5.69 Å². The molecule has 0 saturated carbocycles. The van der Waals surface area contributed by atoms with Crippen LogP contribution in [0.5, 0.6) is 0 Å². The topological polar surface area (TPSA) is 58.7 Å². The number of hydrogen-bond donors (Lipinski definition) is 0. The molecule has 0 bridgehead atoms. The highest BCUT2D eigenvalue weighted by molar-refractivity contribution is 5.84. The van der Waals surface area contributed by atoms with Gasteiger partial charge in [0, 0.05) is 32.1 Å². The van der Waals surface area contributed by atoms with Crippen LogP contribution >= 0.6 is 0 Å². The van der Waals surface area contributed by atoms with E-state index in [2.05, 4.69) is 4.99 Å². The van der Waals surface area contributed by atoms with Crippen molar-refractivity contribution >= 4 is 23.3 Å². The second-order valence-electron chi connectivity index (χ2n) is 4.94. The maximum atomic E-state index is 11.0. The number of nitro groups is 1. The fourth-order valence-corrected chi connectivity index (χ4v) is 1.96. The molecule has 0 aromatic heterocycles. The van der Waals surface area contributed by atoms with Crippen LogP contribution in [0.15, 0.2) is 47.5 Å². The quantitative estimate of drug-likeness (QED) is 0.488. The molecule has 0 unspecified atom stereocenters. The van der Waals surface area contributed by atoms with Gasteiger partial charge < -0.3 is 4.90 Å². The monoisotopic (exact) mass is 283 g/mol. The van der Waals surface area contributed by atoms with Crippen molar-refractivity contribution in [2.24, 2.45) is 4.99 Å². The van der Waals surface area contributed by atoms with Crippen LogP contribution < -0.4 is 4.90 Å². The first-order valence-corrected chi connectivity index (χ1v) is 6.54. The van der Waals surface area contributed by atoms with Crippen molar-refractivity contribution in [3.8, 4) is 0 Å². The molecule has 5 nitrogen and oxygen atoms in total. The first kappa shape index (κ1) is 14.7. The second kappa shape index (κ2) is 6.17. The van der Waals surface area contributed by atoms with E-state index in [1.54, 1.807) is 12.3 Å². The highest BCUT2D eigenvalue weighted by Crippen LogP contribution is 2.30. The van der Waals surface area contributed by atoms with Gasteiger partial charge in [0.05, 0.1) is 4.92 Å². The molecule has 2 aromatic rings. The lowest BCUT2D eigenvalue weighted by atomic mass is 10.1. The number of anilines is 1. The molecule has 21 heavy (non-hydrogen) atoms. The van der Waals surface area contributed by atoms with E-state index in [9.17, 15) is 10.1 Å². The van der Waals surface area contributed by atoms with Gasteiger partial charge in [-0.15, -0.1) is 0 Å². The molecule has 0 atom stereocenters. The summed E-state index contributed by atoms with van der Waals surface area (Å²) >= 11 is 0. The number of aliphatic imine (C=N–C) groups is 1. The van der Waals surface area contributed by atoms with Crippen molar-refractivity contribution < 1.29 is 4.92 Å². The van der Waals surface area contributed by atoms with Crippen LogP contribution in [0, 0.1) is 17.0 Å². The summed E-state index contributed by atoms with van der Waals surface area (Å²) in [5, 5.41) is 11.0. The van der Waals surface area contributed by atoms with E-state index >= 15 is 0 Å². The zero-order chi connectivity index (χ0) is 15.4.